The van der Waals surface area contributed by atoms with Crippen LogP contribution in [0.5, 0.6) is 11.5 Å². The van der Waals surface area contributed by atoms with Crippen LogP contribution in [0.25, 0.3) is 0 Å². The van der Waals surface area contributed by atoms with E-state index in [9.17, 15) is 27.2 Å². The largest absolute Gasteiger partial charge is 0.496 e. The number of rotatable bonds is 7. The molecule has 206 valence electrons. The first kappa shape index (κ1) is 27.5. The van der Waals surface area contributed by atoms with Crippen molar-refractivity contribution in [2.24, 2.45) is 23.7 Å². The van der Waals surface area contributed by atoms with Crippen molar-refractivity contribution in [1.82, 2.24) is 10.6 Å². The average Bonchev–Trinajstić information content (AvgIpc) is 3.42. The number of carbonyl (C=O) groups excluding carboxylic acids is 2. The fraction of sp³-hybridized carbons (Fsp3) is 0.704. The summed E-state index contributed by atoms with van der Waals surface area (Å²) in [4.78, 5) is 26.4. The summed E-state index contributed by atoms with van der Waals surface area (Å²) in [6, 6.07) is 1.79. The van der Waals surface area contributed by atoms with Gasteiger partial charge in [0.05, 0.1) is 24.7 Å². The van der Waals surface area contributed by atoms with E-state index in [-0.39, 0.29) is 35.0 Å². The maximum absolute atomic E-state index is 14.8. The van der Waals surface area contributed by atoms with Gasteiger partial charge in [-0.3, -0.25) is 9.59 Å². The highest BCUT2D eigenvalue weighted by atomic mass is 19.4. The van der Waals surface area contributed by atoms with E-state index in [1.807, 2.05) is 0 Å². The SMILES string of the molecule is COc1cc(F)c(O[C@H]2CC[C@H](C)CC2)cc1C(=O)N[C@@H]1[C@H]2CC[C@H](C2)[C@@H]1C(=O)NC(C)(C)C(F)(F)F. The summed E-state index contributed by atoms with van der Waals surface area (Å²) < 4.78 is 66.1. The van der Waals surface area contributed by atoms with E-state index in [0.29, 0.717) is 12.3 Å². The zero-order chi connectivity index (χ0) is 27.1. The van der Waals surface area contributed by atoms with E-state index in [1.54, 1.807) is 0 Å². The van der Waals surface area contributed by atoms with E-state index >= 15 is 0 Å². The molecule has 6 nitrogen and oxygen atoms in total. The molecule has 0 radical (unpaired) electrons. The van der Waals surface area contributed by atoms with E-state index in [0.717, 1.165) is 58.4 Å². The molecule has 0 unspecified atom stereocenters. The van der Waals surface area contributed by atoms with Crippen LogP contribution in [0.4, 0.5) is 17.6 Å². The van der Waals surface area contributed by atoms with Crippen molar-refractivity contribution in [2.45, 2.75) is 89.6 Å². The Bertz CT molecular complexity index is 1020. The Morgan fingerprint density at radius 2 is 1.62 bits per heavy atom. The molecular weight excluding hydrogens is 492 g/mol. The number of methoxy groups -OCH3 is 1. The number of nitrogens with one attached hydrogen (secondary N) is 2. The van der Waals surface area contributed by atoms with Crippen LogP contribution in [0.15, 0.2) is 12.1 Å². The third-order valence-electron chi connectivity index (χ3n) is 8.42. The minimum atomic E-state index is -4.62. The molecule has 1 aromatic carbocycles. The molecule has 0 aromatic heterocycles. The molecule has 0 spiro atoms. The quantitative estimate of drug-likeness (QED) is 0.465. The molecule has 0 saturated heterocycles. The minimum Gasteiger partial charge on any atom is -0.496 e. The van der Waals surface area contributed by atoms with Crippen molar-refractivity contribution >= 4 is 11.8 Å². The predicted octanol–water partition coefficient (Wildman–Crippen LogP) is 5.39. The van der Waals surface area contributed by atoms with Crippen LogP contribution in [0.1, 0.15) is 76.1 Å². The summed E-state index contributed by atoms with van der Waals surface area (Å²) in [6.07, 6.45) is 0.942. The van der Waals surface area contributed by atoms with Crippen LogP contribution in [-0.4, -0.2) is 42.8 Å². The average molecular weight is 529 g/mol. The number of benzene rings is 1. The number of fused-ring (bicyclic) bond motifs is 2. The van der Waals surface area contributed by atoms with Crippen LogP contribution < -0.4 is 20.1 Å². The molecule has 4 rings (SSSR count). The summed E-state index contributed by atoms with van der Waals surface area (Å²) >= 11 is 0. The summed E-state index contributed by atoms with van der Waals surface area (Å²) in [6.45, 7) is 4.01. The van der Waals surface area contributed by atoms with Crippen molar-refractivity contribution < 1.29 is 36.6 Å². The van der Waals surface area contributed by atoms with Gasteiger partial charge in [0, 0.05) is 12.1 Å². The van der Waals surface area contributed by atoms with Gasteiger partial charge in [-0.25, -0.2) is 4.39 Å². The molecule has 10 heteroatoms. The van der Waals surface area contributed by atoms with Crippen molar-refractivity contribution in [3.05, 3.63) is 23.5 Å². The molecule has 3 aliphatic carbocycles. The van der Waals surface area contributed by atoms with Gasteiger partial charge in [-0.1, -0.05) is 6.92 Å². The molecular formula is C27H36F4N2O4. The standard InChI is InChI=1S/C27H36F4N2O4/c1-14-5-9-17(10-6-14)37-21-12-18(20(36-4)13-19(21)28)24(34)32-23-16-8-7-15(11-16)22(23)25(35)33-26(2,3)27(29,30)31/h12-17,22-23H,5-11H2,1-4H3,(H,32,34)(H,33,35)/t14-,15-,16+,17-,22+,23-/m1/s1. The number of amides is 2. The van der Waals surface area contributed by atoms with Gasteiger partial charge in [0.1, 0.15) is 11.3 Å². The molecule has 2 N–H and O–H groups in total. The number of alkyl halides is 3. The molecule has 2 bridgehead atoms. The second-order valence-electron chi connectivity index (χ2n) is 11.5. The van der Waals surface area contributed by atoms with Gasteiger partial charge < -0.3 is 20.1 Å². The van der Waals surface area contributed by atoms with E-state index in [4.69, 9.17) is 9.47 Å². The maximum Gasteiger partial charge on any atom is 0.410 e. The molecule has 2 amide bonds. The van der Waals surface area contributed by atoms with Crippen LogP contribution in [0.2, 0.25) is 0 Å². The summed E-state index contributed by atoms with van der Waals surface area (Å²) in [5.74, 6) is -2.29. The van der Waals surface area contributed by atoms with E-state index < -0.39 is 41.3 Å². The molecule has 4 atom stereocenters. The Balaban J connectivity index is 1.53. The summed E-state index contributed by atoms with van der Waals surface area (Å²) in [5.41, 5.74) is -2.34. The first-order valence-corrected chi connectivity index (χ1v) is 13.0. The van der Waals surface area contributed by atoms with Gasteiger partial charge in [0.25, 0.3) is 5.91 Å². The van der Waals surface area contributed by atoms with Gasteiger partial charge >= 0.3 is 6.18 Å². The second kappa shape index (κ2) is 10.3. The Labute approximate surface area is 214 Å². The number of hydrogen-bond donors (Lipinski definition) is 2. The van der Waals surface area contributed by atoms with Crippen molar-refractivity contribution in [2.75, 3.05) is 7.11 Å². The lowest BCUT2D eigenvalue weighted by atomic mass is 9.83. The Hall–Kier alpha value is -2.52. The fourth-order valence-corrected chi connectivity index (χ4v) is 6.07. The van der Waals surface area contributed by atoms with Gasteiger partial charge in [-0.2, -0.15) is 13.2 Å². The normalized spacial score (nSPS) is 29.6. The first-order chi connectivity index (χ1) is 17.3. The van der Waals surface area contributed by atoms with E-state index in [2.05, 4.69) is 17.6 Å². The smallest absolute Gasteiger partial charge is 0.410 e. The number of hydrogen-bond acceptors (Lipinski definition) is 4. The lowest BCUT2D eigenvalue weighted by molar-refractivity contribution is -0.189. The molecule has 3 saturated carbocycles. The third kappa shape index (κ3) is 5.67. The molecule has 1 aromatic rings. The molecule has 3 aliphatic rings. The van der Waals surface area contributed by atoms with E-state index in [1.165, 1.54) is 13.2 Å². The summed E-state index contributed by atoms with van der Waals surface area (Å²) in [7, 11) is 1.32. The monoisotopic (exact) mass is 528 g/mol. The topological polar surface area (TPSA) is 76.7 Å². The van der Waals surface area contributed by atoms with Gasteiger partial charge in [0.15, 0.2) is 11.6 Å². The lowest BCUT2D eigenvalue weighted by Gasteiger charge is -2.35. The Kier molecular flexibility index (Phi) is 7.68. The molecule has 0 aliphatic heterocycles. The highest BCUT2D eigenvalue weighted by molar-refractivity contribution is 5.98. The highest BCUT2D eigenvalue weighted by Gasteiger charge is 2.55. The second-order valence-corrected chi connectivity index (χ2v) is 11.5. The third-order valence-corrected chi connectivity index (χ3v) is 8.42. The minimum absolute atomic E-state index is 0.0157. The van der Waals surface area contributed by atoms with Crippen LogP contribution in [0.3, 0.4) is 0 Å². The Morgan fingerprint density at radius 1 is 0.973 bits per heavy atom. The Morgan fingerprint density at radius 3 is 2.24 bits per heavy atom. The zero-order valence-electron chi connectivity index (χ0n) is 21.7. The van der Waals surface area contributed by atoms with Gasteiger partial charge in [-0.15, -0.1) is 0 Å². The van der Waals surface area contributed by atoms with Crippen LogP contribution >= 0.6 is 0 Å². The first-order valence-electron chi connectivity index (χ1n) is 13.0. The van der Waals surface area contributed by atoms with Crippen molar-refractivity contribution in [1.29, 1.82) is 0 Å². The van der Waals surface area contributed by atoms with Crippen LogP contribution in [-0.2, 0) is 4.79 Å². The van der Waals surface area contributed by atoms with Crippen molar-refractivity contribution in [3.63, 3.8) is 0 Å². The van der Waals surface area contributed by atoms with Crippen LogP contribution in [0, 0.1) is 29.5 Å². The number of halogens is 4. The highest BCUT2D eigenvalue weighted by Crippen LogP contribution is 2.49. The van der Waals surface area contributed by atoms with Gasteiger partial charge in [-0.05, 0) is 82.6 Å². The summed E-state index contributed by atoms with van der Waals surface area (Å²) in [5, 5.41) is 5.02. The van der Waals surface area contributed by atoms with Crippen molar-refractivity contribution in [3.8, 4) is 11.5 Å². The predicted molar refractivity (Wildman–Crippen MR) is 129 cm³/mol. The maximum atomic E-state index is 14.8. The molecule has 37 heavy (non-hydrogen) atoms. The molecule has 0 heterocycles. The van der Waals surface area contributed by atoms with Gasteiger partial charge in [0.2, 0.25) is 5.91 Å². The number of carbonyl (C=O) groups is 2. The fourth-order valence-electron chi connectivity index (χ4n) is 6.07. The lowest BCUT2D eigenvalue weighted by Crippen LogP contribution is -2.59. The number of ether oxygens (including phenoxy) is 2. The molecule has 3 fully saturated rings. The zero-order valence-corrected chi connectivity index (χ0v) is 21.7.